The molecule has 0 saturated heterocycles. The number of anilines is 2. The lowest BCUT2D eigenvalue weighted by molar-refractivity contribution is 0.0925. The van der Waals surface area contributed by atoms with Crippen LogP contribution in [0.4, 0.5) is 20.7 Å². The first-order chi connectivity index (χ1) is 15.8. The Labute approximate surface area is 189 Å². The molecule has 1 aliphatic heterocycles. The number of aromatic nitrogens is 2. The fourth-order valence-corrected chi connectivity index (χ4v) is 3.75. The summed E-state index contributed by atoms with van der Waals surface area (Å²) in [5.41, 5.74) is 0.706. The van der Waals surface area contributed by atoms with Crippen molar-refractivity contribution < 1.29 is 28.6 Å². The van der Waals surface area contributed by atoms with Gasteiger partial charge in [-0.3, -0.25) is 20.0 Å². The molecule has 5 rings (SSSR count). The SMILES string of the molecule is O=C(O)Nc1ccc2[nH]nc(N3C(=O)c4ccccc4C3=O)c2c1Oc1cc(F)ccc1Cl. The minimum atomic E-state index is -1.39. The Bertz CT molecular complexity index is 1450. The zero-order valence-corrected chi connectivity index (χ0v) is 17.2. The van der Waals surface area contributed by atoms with Crippen LogP contribution in [0.3, 0.4) is 0 Å². The lowest BCUT2D eigenvalue weighted by Crippen LogP contribution is -2.30. The van der Waals surface area contributed by atoms with Crippen molar-refractivity contribution in [3.63, 3.8) is 0 Å². The maximum Gasteiger partial charge on any atom is 0.409 e. The van der Waals surface area contributed by atoms with Gasteiger partial charge in [-0.25, -0.2) is 14.1 Å². The Balaban J connectivity index is 1.72. The van der Waals surface area contributed by atoms with Crippen molar-refractivity contribution in [2.24, 2.45) is 0 Å². The van der Waals surface area contributed by atoms with Gasteiger partial charge in [0.25, 0.3) is 11.8 Å². The number of carboxylic acid groups (broad SMARTS) is 1. The van der Waals surface area contributed by atoms with E-state index in [1.807, 2.05) is 0 Å². The minimum Gasteiger partial charge on any atom is -0.465 e. The van der Waals surface area contributed by atoms with E-state index in [0.717, 1.165) is 17.0 Å². The molecule has 0 atom stereocenters. The first kappa shape index (κ1) is 20.5. The van der Waals surface area contributed by atoms with E-state index in [1.54, 1.807) is 12.1 Å². The van der Waals surface area contributed by atoms with Gasteiger partial charge < -0.3 is 9.84 Å². The van der Waals surface area contributed by atoms with E-state index in [1.165, 1.54) is 30.3 Å². The van der Waals surface area contributed by atoms with Crippen LogP contribution in [0.1, 0.15) is 20.7 Å². The molecule has 0 fully saturated rings. The number of aromatic amines is 1. The van der Waals surface area contributed by atoms with Crippen molar-refractivity contribution in [1.82, 2.24) is 10.2 Å². The van der Waals surface area contributed by atoms with Crippen molar-refractivity contribution in [2.75, 3.05) is 10.2 Å². The molecule has 3 N–H and O–H groups in total. The highest BCUT2D eigenvalue weighted by Gasteiger charge is 2.39. The molecule has 11 heteroatoms. The largest absolute Gasteiger partial charge is 0.465 e. The predicted octanol–water partition coefficient (Wildman–Crippen LogP) is 5.04. The van der Waals surface area contributed by atoms with Crippen molar-refractivity contribution >= 4 is 51.9 Å². The first-order valence-corrected chi connectivity index (χ1v) is 9.84. The monoisotopic (exact) mass is 466 g/mol. The highest BCUT2D eigenvalue weighted by molar-refractivity contribution is 6.36. The molecule has 4 aromatic rings. The number of carbonyl (C=O) groups excluding carboxylic acids is 2. The van der Waals surface area contributed by atoms with Crippen LogP contribution in [0.5, 0.6) is 11.5 Å². The molecule has 2 heterocycles. The first-order valence-electron chi connectivity index (χ1n) is 9.47. The summed E-state index contributed by atoms with van der Waals surface area (Å²) >= 11 is 6.13. The average Bonchev–Trinajstić information content (AvgIpc) is 3.31. The third-order valence-corrected chi connectivity index (χ3v) is 5.33. The molecule has 3 aromatic carbocycles. The number of nitrogens with one attached hydrogen (secondary N) is 2. The number of nitrogens with zero attached hydrogens (tertiary/aromatic N) is 2. The van der Waals surface area contributed by atoms with Gasteiger partial charge in [0, 0.05) is 6.07 Å². The number of fused-ring (bicyclic) bond motifs is 2. The van der Waals surface area contributed by atoms with Crippen molar-refractivity contribution in [2.45, 2.75) is 0 Å². The highest BCUT2D eigenvalue weighted by Crippen LogP contribution is 2.44. The molecular formula is C22H12ClFN4O5. The van der Waals surface area contributed by atoms with Crippen LogP contribution in [0.15, 0.2) is 54.6 Å². The number of halogens is 2. The van der Waals surface area contributed by atoms with E-state index in [-0.39, 0.29) is 44.5 Å². The number of hydrogen-bond acceptors (Lipinski definition) is 5. The van der Waals surface area contributed by atoms with Crippen LogP contribution in [-0.2, 0) is 0 Å². The summed E-state index contributed by atoms with van der Waals surface area (Å²) < 4.78 is 19.7. The van der Waals surface area contributed by atoms with Crippen molar-refractivity contribution in [3.05, 3.63) is 76.6 Å². The maximum atomic E-state index is 13.8. The van der Waals surface area contributed by atoms with E-state index in [2.05, 4.69) is 15.5 Å². The van der Waals surface area contributed by atoms with Crippen LogP contribution < -0.4 is 15.0 Å². The van der Waals surface area contributed by atoms with Crippen LogP contribution in [0.25, 0.3) is 10.9 Å². The molecule has 0 aliphatic carbocycles. The second-order valence-electron chi connectivity index (χ2n) is 7.01. The number of rotatable bonds is 4. The lowest BCUT2D eigenvalue weighted by atomic mass is 10.1. The zero-order chi connectivity index (χ0) is 23.3. The Hall–Kier alpha value is -4.44. The summed E-state index contributed by atoms with van der Waals surface area (Å²) in [6.45, 7) is 0. The molecule has 0 radical (unpaired) electrons. The van der Waals surface area contributed by atoms with E-state index < -0.39 is 23.7 Å². The molecule has 0 spiro atoms. The summed E-state index contributed by atoms with van der Waals surface area (Å²) in [7, 11) is 0. The fourth-order valence-electron chi connectivity index (χ4n) is 3.60. The van der Waals surface area contributed by atoms with Crippen LogP contribution in [-0.4, -0.2) is 33.2 Å². The smallest absolute Gasteiger partial charge is 0.409 e. The van der Waals surface area contributed by atoms with Gasteiger partial charge in [-0.15, -0.1) is 0 Å². The standard InChI is InChI=1S/C22H12ClFN4O5/c23-13-6-5-10(24)9-16(13)33-18-15(25-22(31)32)8-7-14-17(18)19(27-26-14)28-20(29)11-3-1-2-4-12(11)21(28)30/h1-9,25H,(H,26,27)(H,31,32). The molecule has 3 amide bonds. The number of H-pyrrole nitrogens is 1. The van der Waals surface area contributed by atoms with Gasteiger partial charge in [-0.05, 0) is 36.4 Å². The predicted molar refractivity (Wildman–Crippen MR) is 117 cm³/mol. The number of imide groups is 1. The van der Waals surface area contributed by atoms with Crippen molar-refractivity contribution in [1.29, 1.82) is 0 Å². The van der Waals surface area contributed by atoms with Gasteiger partial charge in [-0.1, -0.05) is 23.7 Å². The molecule has 0 unspecified atom stereocenters. The number of carbonyl (C=O) groups is 3. The van der Waals surface area contributed by atoms with Crippen molar-refractivity contribution in [3.8, 4) is 11.5 Å². The molecule has 1 aliphatic rings. The highest BCUT2D eigenvalue weighted by atomic mass is 35.5. The summed E-state index contributed by atoms with van der Waals surface area (Å²) in [6.07, 6.45) is -1.39. The second kappa shape index (κ2) is 7.61. The summed E-state index contributed by atoms with van der Waals surface area (Å²) in [6, 6.07) is 12.6. The third kappa shape index (κ3) is 3.33. The number of hydrogen-bond donors (Lipinski definition) is 3. The molecule has 33 heavy (non-hydrogen) atoms. The summed E-state index contributed by atoms with van der Waals surface area (Å²) in [5, 5.41) is 18.5. The zero-order valence-electron chi connectivity index (χ0n) is 16.4. The summed E-state index contributed by atoms with van der Waals surface area (Å²) in [4.78, 5) is 38.3. The van der Waals surface area contributed by atoms with Crippen LogP contribution in [0, 0.1) is 5.82 Å². The maximum absolute atomic E-state index is 13.8. The van der Waals surface area contributed by atoms with Crippen LogP contribution >= 0.6 is 11.6 Å². The second-order valence-corrected chi connectivity index (χ2v) is 7.42. The summed E-state index contributed by atoms with van der Waals surface area (Å²) in [5.74, 6) is -2.17. The normalized spacial score (nSPS) is 12.8. The Morgan fingerprint density at radius 3 is 2.45 bits per heavy atom. The van der Waals surface area contributed by atoms with E-state index in [0.29, 0.717) is 5.52 Å². The van der Waals surface area contributed by atoms with Gasteiger partial charge in [0.15, 0.2) is 11.6 Å². The van der Waals surface area contributed by atoms with Gasteiger partial charge >= 0.3 is 6.09 Å². The molecule has 164 valence electrons. The lowest BCUT2D eigenvalue weighted by Gasteiger charge is -2.16. The molecule has 9 nitrogen and oxygen atoms in total. The molecular weight excluding hydrogens is 455 g/mol. The number of ether oxygens (including phenoxy) is 1. The van der Waals surface area contributed by atoms with Gasteiger partial charge in [-0.2, -0.15) is 5.10 Å². The Kier molecular flexibility index (Phi) is 4.72. The molecule has 1 aromatic heterocycles. The minimum absolute atomic E-state index is 0.0328. The van der Waals surface area contributed by atoms with Gasteiger partial charge in [0.05, 0.1) is 32.7 Å². The fraction of sp³-hybridized carbons (Fsp3) is 0. The van der Waals surface area contributed by atoms with Gasteiger partial charge in [0.2, 0.25) is 0 Å². The Morgan fingerprint density at radius 2 is 1.79 bits per heavy atom. The van der Waals surface area contributed by atoms with E-state index in [4.69, 9.17) is 16.3 Å². The van der Waals surface area contributed by atoms with E-state index >= 15 is 0 Å². The number of benzene rings is 3. The topological polar surface area (TPSA) is 125 Å². The number of amides is 3. The van der Waals surface area contributed by atoms with Gasteiger partial charge in [0.1, 0.15) is 11.6 Å². The van der Waals surface area contributed by atoms with E-state index in [9.17, 15) is 23.9 Å². The average molecular weight is 467 g/mol. The third-order valence-electron chi connectivity index (χ3n) is 5.02. The molecule has 0 saturated carbocycles. The Morgan fingerprint density at radius 1 is 1.09 bits per heavy atom. The van der Waals surface area contributed by atoms with Crippen LogP contribution in [0.2, 0.25) is 5.02 Å². The molecule has 0 bridgehead atoms. The quantitative estimate of drug-likeness (QED) is 0.362.